The summed E-state index contributed by atoms with van der Waals surface area (Å²) in [6.07, 6.45) is 9.98. The van der Waals surface area contributed by atoms with Crippen molar-refractivity contribution >= 4 is 29.0 Å². The molecule has 0 radical (unpaired) electrons. The van der Waals surface area contributed by atoms with Crippen LogP contribution in [-0.2, 0) is 4.79 Å². The number of imidazole rings is 1. The Hall–Kier alpha value is -3.18. The third kappa shape index (κ3) is 4.64. The van der Waals surface area contributed by atoms with Gasteiger partial charge in [0.2, 0.25) is 11.9 Å². The van der Waals surface area contributed by atoms with E-state index < -0.39 is 12.1 Å². The van der Waals surface area contributed by atoms with Gasteiger partial charge in [-0.1, -0.05) is 0 Å². The molecule has 1 saturated carbocycles. The number of aromatic nitrogens is 5. The first-order valence-corrected chi connectivity index (χ1v) is 13.1. The van der Waals surface area contributed by atoms with E-state index in [1.165, 1.54) is 12.8 Å². The highest BCUT2D eigenvalue weighted by atomic mass is 16.3. The Morgan fingerprint density at radius 1 is 1.22 bits per heavy atom. The summed E-state index contributed by atoms with van der Waals surface area (Å²) in [5.74, 6) is 1.64. The van der Waals surface area contributed by atoms with Crippen LogP contribution in [0.1, 0.15) is 52.0 Å². The van der Waals surface area contributed by atoms with E-state index in [-0.39, 0.29) is 11.9 Å². The lowest BCUT2D eigenvalue weighted by atomic mass is 10.0. The van der Waals surface area contributed by atoms with Gasteiger partial charge in [0.1, 0.15) is 17.4 Å². The van der Waals surface area contributed by atoms with Gasteiger partial charge in [-0.15, -0.1) is 5.10 Å². The lowest BCUT2D eigenvalue weighted by molar-refractivity contribution is -0.123. The maximum Gasteiger partial charge on any atom is 0.246 e. The van der Waals surface area contributed by atoms with Crippen molar-refractivity contribution < 1.29 is 9.90 Å². The van der Waals surface area contributed by atoms with E-state index in [0.29, 0.717) is 42.6 Å². The molecule has 5 heterocycles. The second-order valence-corrected chi connectivity index (χ2v) is 10.7. The molecule has 11 nitrogen and oxygen atoms in total. The number of anilines is 3. The minimum Gasteiger partial charge on any atom is -0.391 e. The van der Waals surface area contributed by atoms with Crippen molar-refractivity contribution in [2.45, 2.75) is 76.2 Å². The Kier molecular flexibility index (Phi) is 6.04. The van der Waals surface area contributed by atoms with Crippen molar-refractivity contribution in [1.29, 1.82) is 0 Å². The fourth-order valence-corrected chi connectivity index (χ4v) is 5.42. The number of amides is 1. The molecule has 11 heteroatoms. The maximum atomic E-state index is 13.4. The summed E-state index contributed by atoms with van der Waals surface area (Å²) in [6, 6.07) is 4.47. The fourth-order valence-electron chi connectivity index (χ4n) is 5.42. The molecule has 3 atom stereocenters. The number of carbonyl (C=O) groups is 1. The number of aliphatic hydroxyl groups is 1. The van der Waals surface area contributed by atoms with Crippen LogP contribution >= 0.6 is 0 Å². The zero-order valence-electron chi connectivity index (χ0n) is 20.9. The second kappa shape index (κ2) is 9.36. The predicted molar refractivity (Wildman–Crippen MR) is 136 cm³/mol. The van der Waals surface area contributed by atoms with Crippen molar-refractivity contribution in [2.24, 2.45) is 0 Å². The number of fused-ring (bicyclic) bond motifs is 1. The van der Waals surface area contributed by atoms with Gasteiger partial charge in [0.25, 0.3) is 0 Å². The minimum absolute atomic E-state index is 0.0596. The van der Waals surface area contributed by atoms with Crippen molar-refractivity contribution in [3.63, 3.8) is 0 Å². The van der Waals surface area contributed by atoms with Crippen LogP contribution in [0.3, 0.4) is 0 Å². The Bertz CT molecular complexity index is 1230. The molecule has 0 spiro atoms. The molecule has 2 aliphatic heterocycles. The van der Waals surface area contributed by atoms with E-state index in [1.807, 2.05) is 34.0 Å². The summed E-state index contributed by atoms with van der Waals surface area (Å²) >= 11 is 0. The molecule has 3 aliphatic rings. The number of piperidine rings is 1. The summed E-state index contributed by atoms with van der Waals surface area (Å²) in [5, 5.41) is 21.8. The van der Waals surface area contributed by atoms with Crippen LogP contribution in [0.4, 0.5) is 17.6 Å². The van der Waals surface area contributed by atoms with E-state index in [4.69, 9.17) is 4.98 Å². The molecule has 0 bridgehead atoms. The number of likely N-dealkylation sites (tertiary alicyclic amines) is 1. The van der Waals surface area contributed by atoms with Gasteiger partial charge in [-0.05, 0) is 58.2 Å². The van der Waals surface area contributed by atoms with Gasteiger partial charge in [-0.25, -0.2) is 9.50 Å². The second-order valence-electron chi connectivity index (χ2n) is 10.7. The molecule has 3 aromatic rings. The van der Waals surface area contributed by atoms with E-state index in [2.05, 4.69) is 39.5 Å². The molecular weight excluding hydrogens is 458 g/mol. The highest BCUT2D eigenvalue weighted by Crippen LogP contribution is 2.30. The molecule has 3 N–H and O–H groups in total. The first-order valence-electron chi connectivity index (χ1n) is 13.1. The van der Waals surface area contributed by atoms with Crippen LogP contribution in [0.25, 0.3) is 5.52 Å². The molecule has 2 saturated heterocycles. The quantitative estimate of drug-likeness (QED) is 0.457. The molecular formula is C25H35N9O2. The monoisotopic (exact) mass is 493 g/mol. The molecule has 3 aromatic heterocycles. The van der Waals surface area contributed by atoms with Gasteiger partial charge in [-0.3, -0.25) is 9.69 Å². The summed E-state index contributed by atoms with van der Waals surface area (Å²) in [4.78, 5) is 27.0. The van der Waals surface area contributed by atoms with E-state index in [1.54, 1.807) is 10.8 Å². The topological polar surface area (TPSA) is 116 Å². The van der Waals surface area contributed by atoms with Crippen LogP contribution in [0.5, 0.6) is 0 Å². The van der Waals surface area contributed by atoms with Crippen molar-refractivity contribution in [1.82, 2.24) is 34.4 Å². The van der Waals surface area contributed by atoms with Gasteiger partial charge in [0.05, 0.1) is 12.4 Å². The molecule has 1 aliphatic carbocycles. The molecule has 2 unspecified atom stereocenters. The molecule has 3 fully saturated rings. The number of hydrogen-bond acceptors (Lipinski definition) is 8. The number of nitrogens with zero attached hydrogens (tertiary/aromatic N) is 7. The number of nitrogens with one attached hydrogen (secondary N) is 2. The van der Waals surface area contributed by atoms with Crippen LogP contribution in [-0.4, -0.2) is 83.9 Å². The van der Waals surface area contributed by atoms with Crippen LogP contribution in [0.15, 0.2) is 30.9 Å². The van der Waals surface area contributed by atoms with Gasteiger partial charge in [-0.2, -0.15) is 4.98 Å². The average Bonchev–Trinajstić information content (AvgIpc) is 3.23. The first-order chi connectivity index (χ1) is 17.4. The molecule has 0 aromatic carbocycles. The average molecular weight is 494 g/mol. The lowest BCUT2D eigenvalue weighted by Gasteiger charge is -2.34. The number of β-amino-alcohol motifs (C(OH)–C–C–N with tert-alkyl or cyclic N) is 1. The Labute approximate surface area is 210 Å². The van der Waals surface area contributed by atoms with Crippen molar-refractivity contribution in [3.8, 4) is 0 Å². The van der Waals surface area contributed by atoms with E-state index in [0.717, 1.165) is 31.4 Å². The van der Waals surface area contributed by atoms with Crippen LogP contribution in [0, 0.1) is 0 Å². The van der Waals surface area contributed by atoms with Crippen molar-refractivity contribution in [3.05, 3.63) is 30.9 Å². The Morgan fingerprint density at radius 3 is 2.86 bits per heavy atom. The zero-order chi connectivity index (χ0) is 24.8. The van der Waals surface area contributed by atoms with E-state index in [9.17, 15) is 9.90 Å². The normalized spacial score (nSPS) is 25.1. The number of rotatable bonds is 7. The van der Waals surface area contributed by atoms with Crippen molar-refractivity contribution in [2.75, 3.05) is 29.9 Å². The van der Waals surface area contributed by atoms with E-state index >= 15 is 0 Å². The Morgan fingerprint density at radius 2 is 2.08 bits per heavy atom. The largest absolute Gasteiger partial charge is 0.391 e. The summed E-state index contributed by atoms with van der Waals surface area (Å²) in [5.41, 5.74) is 0.806. The number of hydrogen-bond donors (Lipinski definition) is 3. The highest BCUT2D eigenvalue weighted by Gasteiger charge is 2.40. The maximum absolute atomic E-state index is 13.4. The minimum atomic E-state index is -0.614. The molecule has 192 valence electrons. The number of aliphatic hydroxyl groups excluding tert-OH is 1. The standard InChI is InChI=1S/C25H35N9O2/c1-16(2)32-14-22(26-15-32)28-23-20-6-4-10-34(20)30-25(29-23)33-13-19(35)11-21(33)24(36)27-17-5-3-9-31(12-17)18-7-8-18/h4,6,10,14-19,21,35H,3,5,7-9,11-13H2,1-2H3,(H,27,36)(H,28,29,30)/t17?,19-,21?/m0/s1. The van der Waals surface area contributed by atoms with Crippen LogP contribution < -0.4 is 15.5 Å². The molecule has 6 rings (SSSR count). The SMILES string of the molecule is CC(C)n1cnc(Nc2nc(N3C[C@@H](O)CC3C(=O)NC3CCCN(C4CC4)C3)nn3cccc23)c1. The fraction of sp³-hybridized carbons (Fsp3) is 0.600. The van der Waals surface area contributed by atoms with Gasteiger partial charge in [0.15, 0.2) is 5.82 Å². The summed E-state index contributed by atoms with van der Waals surface area (Å²) in [7, 11) is 0. The summed E-state index contributed by atoms with van der Waals surface area (Å²) in [6.45, 7) is 6.54. The third-order valence-corrected chi connectivity index (χ3v) is 7.53. The zero-order valence-corrected chi connectivity index (χ0v) is 20.9. The lowest BCUT2D eigenvalue weighted by Crippen LogP contribution is -2.53. The summed E-state index contributed by atoms with van der Waals surface area (Å²) < 4.78 is 3.77. The Balaban J connectivity index is 1.23. The molecule has 36 heavy (non-hydrogen) atoms. The first kappa shape index (κ1) is 23.2. The van der Waals surface area contributed by atoms with Crippen LogP contribution in [0.2, 0.25) is 0 Å². The van der Waals surface area contributed by atoms with Gasteiger partial charge in [0, 0.05) is 50.0 Å². The van der Waals surface area contributed by atoms with Gasteiger partial charge >= 0.3 is 0 Å². The smallest absolute Gasteiger partial charge is 0.246 e. The number of carbonyl (C=O) groups excluding carboxylic acids is 1. The predicted octanol–water partition coefficient (Wildman–Crippen LogP) is 1.93. The van der Waals surface area contributed by atoms with Gasteiger partial charge < -0.3 is 25.2 Å². The highest BCUT2D eigenvalue weighted by molar-refractivity contribution is 5.86. The molecule has 1 amide bonds. The third-order valence-electron chi connectivity index (χ3n) is 7.53.